The second-order valence-electron chi connectivity index (χ2n) is 4.05. The summed E-state index contributed by atoms with van der Waals surface area (Å²) in [6.07, 6.45) is 0.464. The molecule has 0 bridgehead atoms. The van der Waals surface area contributed by atoms with E-state index in [1.54, 1.807) is 0 Å². The van der Waals surface area contributed by atoms with Crippen LogP contribution in [0.1, 0.15) is 29.7 Å². The van der Waals surface area contributed by atoms with E-state index in [9.17, 15) is 5.11 Å². The fraction of sp³-hybridized carbons (Fsp3) is 0.200. The van der Waals surface area contributed by atoms with Crippen molar-refractivity contribution in [1.29, 1.82) is 0 Å². The quantitative estimate of drug-likeness (QED) is 0.841. The summed E-state index contributed by atoms with van der Waals surface area (Å²) < 4.78 is 1.18. The number of hydrogen-bond donors (Lipinski definition) is 1. The summed E-state index contributed by atoms with van der Waals surface area (Å²) in [5.74, 6) is 0. The fourth-order valence-corrected chi connectivity index (χ4v) is 2.18. The summed E-state index contributed by atoms with van der Waals surface area (Å²) in [5, 5.41) is 10.3. The Hall–Kier alpha value is -0.870. The standard InChI is InChI=1S/C15H15IO/c1-2-11-4-3-5-13(10-11)15(17)12-6-8-14(16)9-7-12/h3-10,15,17H,2H2,1H3. The van der Waals surface area contributed by atoms with Crippen LogP contribution in [0.15, 0.2) is 48.5 Å². The third-order valence-electron chi connectivity index (χ3n) is 2.86. The molecule has 0 amide bonds. The smallest absolute Gasteiger partial charge is 0.104 e. The summed E-state index contributed by atoms with van der Waals surface area (Å²) in [7, 11) is 0. The number of aliphatic hydroxyl groups excluding tert-OH is 1. The van der Waals surface area contributed by atoms with Gasteiger partial charge in [0.05, 0.1) is 0 Å². The van der Waals surface area contributed by atoms with Crippen LogP contribution >= 0.6 is 22.6 Å². The lowest BCUT2D eigenvalue weighted by molar-refractivity contribution is 0.220. The van der Waals surface area contributed by atoms with Crippen LogP contribution in [0.4, 0.5) is 0 Å². The van der Waals surface area contributed by atoms with Crippen molar-refractivity contribution in [3.63, 3.8) is 0 Å². The van der Waals surface area contributed by atoms with Crippen LogP contribution in [0.2, 0.25) is 0 Å². The third-order valence-corrected chi connectivity index (χ3v) is 3.58. The van der Waals surface area contributed by atoms with Crippen LogP contribution in [0.5, 0.6) is 0 Å². The van der Waals surface area contributed by atoms with E-state index < -0.39 is 6.10 Å². The zero-order chi connectivity index (χ0) is 12.3. The summed E-state index contributed by atoms with van der Waals surface area (Å²) in [6.45, 7) is 2.12. The van der Waals surface area contributed by atoms with Gasteiger partial charge in [0.1, 0.15) is 6.10 Å². The van der Waals surface area contributed by atoms with Gasteiger partial charge in [-0.05, 0) is 57.8 Å². The molecule has 0 saturated carbocycles. The molecule has 1 unspecified atom stereocenters. The minimum atomic E-state index is -0.529. The number of benzene rings is 2. The maximum absolute atomic E-state index is 10.3. The van der Waals surface area contributed by atoms with Gasteiger partial charge in [-0.2, -0.15) is 0 Å². The molecule has 1 atom stereocenters. The Morgan fingerprint density at radius 2 is 1.76 bits per heavy atom. The Balaban J connectivity index is 2.29. The minimum Gasteiger partial charge on any atom is -0.384 e. The Morgan fingerprint density at radius 3 is 2.41 bits per heavy atom. The summed E-state index contributed by atoms with van der Waals surface area (Å²) >= 11 is 2.26. The van der Waals surface area contributed by atoms with E-state index in [4.69, 9.17) is 0 Å². The first-order valence-electron chi connectivity index (χ1n) is 5.73. The molecule has 2 aromatic carbocycles. The van der Waals surface area contributed by atoms with Crippen molar-refractivity contribution in [2.24, 2.45) is 0 Å². The van der Waals surface area contributed by atoms with Crippen molar-refractivity contribution in [2.75, 3.05) is 0 Å². The van der Waals surface area contributed by atoms with Gasteiger partial charge < -0.3 is 5.11 Å². The van der Waals surface area contributed by atoms with Crippen LogP contribution in [0.25, 0.3) is 0 Å². The molecule has 2 aromatic rings. The molecule has 0 radical (unpaired) electrons. The zero-order valence-corrected chi connectivity index (χ0v) is 11.9. The molecular formula is C15H15IO. The molecule has 0 aromatic heterocycles. The molecule has 0 heterocycles. The molecule has 0 spiro atoms. The van der Waals surface area contributed by atoms with Gasteiger partial charge in [0.25, 0.3) is 0 Å². The molecule has 0 aliphatic heterocycles. The Bertz CT molecular complexity index is 491. The van der Waals surface area contributed by atoms with E-state index in [1.165, 1.54) is 9.13 Å². The van der Waals surface area contributed by atoms with Crippen molar-refractivity contribution in [2.45, 2.75) is 19.4 Å². The normalized spacial score (nSPS) is 12.4. The third kappa shape index (κ3) is 3.07. The van der Waals surface area contributed by atoms with Gasteiger partial charge in [-0.25, -0.2) is 0 Å². The Labute approximate surface area is 116 Å². The van der Waals surface area contributed by atoms with Crippen molar-refractivity contribution >= 4 is 22.6 Å². The second-order valence-corrected chi connectivity index (χ2v) is 5.30. The van der Waals surface area contributed by atoms with E-state index in [2.05, 4.69) is 41.6 Å². The van der Waals surface area contributed by atoms with Crippen LogP contribution in [0, 0.1) is 3.57 Å². The van der Waals surface area contributed by atoms with E-state index >= 15 is 0 Å². The Kier molecular flexibility index (Phi) is 4.18. The van der Waals surface area contributed by atoms with Gasteiger partial charge in [-0.15, -0.1) is 0 Å². The second kappa shape index (κ2) is 5.65. The maximum atomic E-state index is 10.3. The van der Waals surface area contributed by atoms with Gasteiger partial charge in [0.15, 0.2) is 0 Å². The number of halogens is 1. The molecular weight excluding hydrogens is 323 g/mol. The molecule has 1 N–H and O–H groups in total. The number of aliphatic hydroxyl groups is 1. The maximum Gasteiger partial charge on any atom is 0.104 e. The van der Waals surface area contributed by atoms with Crippen molar-refractivity contribution in [1.82, 2.24) is 0 Å². The van der Waals surface area contributed by atoms with E-state index in [0.29, 0.717) is 0 Å². The van der Waals surface area contributed by atoms with Gasteiger partial charge in [0.2, 0.25) is 0 Å². The van der Waals surface area contributed by atoms with Crippen LogP contribution in [0.3, 0.4) is 0 Å². The first-order valence-corrected chi connectivity index (χ1v) is 6.81. The first-order chi connectivity index (χ1) is 8.20. The van der Waals surface area contributed by atoms with Gasteiger partial charge >= 0.3 is 0 Å². The first kappa shape index (κ1) is 12.6. The van der Waals surface area contributed by atoms with Crippen LogP contribution < -0.4 is 0 Å². The highest BCUT2D eigenvalue weighted by atomic mass is 127. The van der Waals surface area contributed by atoms with Gasteiger partial charge in [-0.1, -0.05) is 43.3 Å². The highest BCUT2D eigenvalue weighted by molar-refractivity contribution is 14.1. The molecule has 2 heteroatoms. The average Bonchev–Trinajstić information content (AvgIpc) is 2.39. The van der Waals surface area contributed by atoms with E-state index in [0.717, 1.165) is 17.5 Å². The lowest BCUT2D eigenvalue weighted by Gasteiger charge is -2.12. The molecule has 0 saturated heterocycles. The highest BCUT2D eigenvalue weighted by Gasteiger charge is 2.10. The molecule has 2 rings (SSSR count). The lowest BCUT2D eigenvalue weighted by Crippen LogP contribution is -2.00. The molecule has 88 valence electrons. The zero-order valence-electron chi connectivity index (χ0n) is 9.73. The molecule has 1 nitrogen and oxygen atoms in total. The molecule has 17 heavy (non-hydrogen) atoms. The van der Waals surface area contributed by atoms with E-state index in [-0.39, 0.29) is 0 Å². The fourth-order valence-electron chi connectivity index (χ4n) is 1.82. The Morgan fingerprint density at radius 1 is 1.06 bits per heavy atom. The number of hydrogen-bond acceptors (Lipinski definition) is 1. The summed E-state index contributed by atoms with van der Waals surface area (Å²) in [6, 6.07) is 16.1. The molecule has 0 aliphatic rings. The average molecular weight is 338 g/mol. The highest BCUT2D eigenvalue weighted by Crippen LogP contribution is 2.23. The van der Waals surface area contributed by atoms with Gasteiger partial charge in [-0.3, -0.25) is 0 Å². The molecule has 0 fully saturated rings. The van der Waals surface area contributed by atoms with Crippen molar-refractivity contribution < 1.29 is 5.11 Å². The topological polar surface area (TPSA) is 20.2 Å². The van der Waals surface area contributed by atoms with Crippen LogP contribution in [-0.2, 0) is 6.42 Å². The number of rotatable bonds is 3. The molecule has 0 aliphatic carbocycles. The number of aryl methyl sites for hydroxylation is 1. The van der Waals surface area contributed by atoms with Crippen molar-refractivity contribution in [3.05, 3.63) is 68.8 Å². The largest absolute Gasteiger partial charge is 0.384 e. The SMILES string of the molecule is CCc1cccc(C(O)c2ccc(I)cc2)c1. The minimum absolute atomic E-state index is 0.529. The van der Waals surface area contributed by atoms with Crippen molar-refractivity contribution in [3.8, 4) is 0 Å². The summed E-state index contributed by atoms with van der Waals surface area (Å²) in [4.78, 5) is 0. The monoisotopic (exact) mass is 338 g/mol. The van der Waals surface area contributed by atoms with E-state index in [1.807, 2.05) is 36.4 Å². The van der Waals surface area contributed by atoms with Gasteiger partial charge in [0, 0.05) is 3.57 Å². The predicted octanol–water partition coefficient (Wildman–Crippen LogP) is 3.94. The summed E-state index contributed by atoms with van der Waals surface area (Å²) in [5.41, 5.74) is 3.16. The predicted molar refractivity (Wildman–Crippen MR) is 79.0 cm³/mol. The lowest BCUT2D eigenvalue weighted by atomic mass is 9.99. The van der Waals surface area contributed by atoms with Crippen LogP contribution in [-0.4, -0.2) is 5.11 Å².